The lowest BCUT2D eigenvalue weighted by molar-refractivity contribution is 0.0810. The molecule has 2 rings (SSSR count). The van der Waals surface area contributed by atoms with Gasteiger partial charge in [0.25, 0.3) is 0 Å². The molecule has 0 aromatic heterocycles. The summed E-state index contributed by atoms with van der Waals surface area (Å²) in [5.74, 6) is 0. The van der Waals surface area contributed by atoms with Crippen molar-refractivity contribution in [2.45, 2.75) is 52.0 Å². The highest BCUT2D eigenvalue weighted by atomic mass is 16.3. The van der Waals surface area contributed by atoms with Crippen molar-refractivity contribution in [2.24, 2.45) is 5.41 Å². The standard InChI is InChI=1S/C17H27NO/c1-2-15-6-8-16(9-7-15)12-18-13-17(14-19)10-4-3-5-11-17/h6-9,18-19H,2-5,10-14H2,1H3. The fourth-order valence-corrected chi connectivity index (χ4v) is 3.06. The lowest BCUT2D eigenvalue weighted by Gasteiger charge is -2.35. The van der Waals surface area contributed by atoms with Crippen LogP contribution in [0, 0.1) is 5.41 Å². The zero-order valence-corrected chi connectivity index (χ0v) is 12.1. The van der Waals surface area contributed by atoms with Gasteiger partial charge in [-0.05, 0) is 30.4 Å². The van der Waals surface area contributed by atoms with Gasteiger partial charge in [-0.3, -0.25) is 0 Å². The van der Waals surface area contributed by atoms with Crippen molar-refractivity contribution in [1.29, 1.82) is 0 Å². The van der Waals surface area contributed by atoms with Gasteiger partial charge in [-0.15, -0.1) is 0 Å². The quantitative estimate of drug-likeness (QED) is 0.823. The Bertz CT molecular complexity index is 365. The second-order valence-corrected chi connectivity index (χ2v) is 5.99. The molecule has 1 aromatic rings. The zero-order valence-electron chi connectivity index (χ0n) is 12.1. The molecule has 0 heterocycles. The summed E-state index contributed by atoms with van der Waals surface area (Å²) in [5, 5.41) is 13.2. The van der Waals surface area contributed by atoms with Gasteiger partial charge in [0.15, 0.2) is 0 Å². The van der Waals surface area contributed by atoms with E-state index in [4.69, 9.17) is 0 Å². The molecular weight excluding hydrogens is 234 g/mol. The molecule has 2 N–H and O–H groups in total. The minimum atomic E-state index is 0.140. The highest BCUT2D eigenvalue weighted by Gasteiger charge is 2.30. The van der Waals surface area contributed by atoms with Gasteiger partial charge in [-0.2, -0.15) is 0 Å². The Kier molecular flexibility index (Phi) is 5.41. The van der Waals surface area contributed by atoms with Gasteiger partial charge in [0.1, 0.15) is 0 Å². The summed E-state index contributed by atoms with van der Waals surface area (Å²) >= 11 is 0. The molecule has 2 heteroatoms. The lowest BCUT2D eigenvalue weighted by atomic mass is 9.74. The van der Waals surface area contributed by atoms with E-state index in [0.717, 1.165) is 19.5 Å². The third-order valence-electron chi connectivity index (χ3n) is 4.51. The Balaban J connectivity index is 1.81. The summed E-state index contributed by atoms with van der Waals surface area (Å²) in [5.41, 5.74) is 2.87. The minimum absolute atomic E-state index is 0.140. The summed E-state index contributed by atoms with van der Waals surface area (Å²) in [6.45, 7) is 4.36. The topological polar surface area (TPSA) is 32.3 Å². The molecule has 0 atom stereocenters. The maximum atomic E-state index is 9.67. The molecule has 0 aliphatic heterocycles. The second-order valence-electron chi connectivity index (χ2n) is 5.99. The van der Waals surface area contributed by atoms with Crippen molar-refractivity contribution in [1.82, 2.24) is 5.32 Å². The van der Waals surface area contributed by atoms with E-state index >= 15 is 0 Å². The number of hydrogen-bond donors (Lipinski definition) is 2. The van der Waals surface area contributed by atoms with Gasteiger partial charge >= 0.3 is 0 Å². The smallest absolute Gasteiger partial charge is 0.0499 e. The largest absolute Gasteiger partial charge is 0.396 e. The minimum Gasteiger partial charge on any atom is -0.396 e. The first-order chi connectivity index (χ1) is 9.28. The first kappa shape index (κ1) is 14.5. The molecule has 1 saturated carbocycles. The van der Waals surface area contributed by atoms with Crippen molar-refractivity contribution < 1.29 is 5.11 Å². The van der Waals surface area contributed by atoms with Crippen LogP contribution in [0.5, 0.6) is 0 Å². The molecular formula is C17H27NO. The predicted octanol–water partition coefficient (Wildman–Crippen LogP) is 3.28. The van der Waals surface area contributed by atoms with Crippen molar-refractivity contribution in [3.63, 3.8) is 0 Å². The van der Waals surface area contributed by atoms with E-state index in [1.807, 2.05) is 0 Å². The lowest BCUT2D eigenvalue weighted by Crippen LogP contribution is -2.38. The third-order valence-corrected chi connectivity index (χ3v) is 4.51. The van der Waals surface area contributed by atoms with Crippen molar-refractivity contribution in [2.75, 3.05) is 13.2 Å². The first-order valence-corrected chi connectivity index (χ1v) is 7.67. The SMILES string of the molecule is CCc1ccc(CNCC2(CO)CCCCC2)cc1. The van der Waals surface area contributed by atoms with E-state index in [2.05, 4.69) is 36.5 Å². The van der Waals surface area contributed by atoms with E-state index in [0.29, 0.717) is 6.61 Å². The molecule has 1 aliphatic rings. The number of nitrogens with one attached hydrogen (secondary N) is 1. The van der Waals surface area contributed by atoms with Crippen LogP contribution in [0.4, 0.5) is 0 Å². The van der Waals surface area contributed by atoms with Crippen LogP contribution < -0.4 is 5.32 Å². The maximum absolute atomic E-state index is 9.67. The van der Waals surface area contributed by atoms with Gasteiger partial charge in [0.05, 0.1) is 0 Å². The maximum Gasteiger partial charge on any atom is 0.0499 e. The normalized spacial score (nSPS) is 18.4. The van der Waals surface area contributed by atoms with E-state index in [9.17, 15) is 5.11 Å². The number of benzene rings is 1. The summed E-state index contributed by atoms with van der Waals surface area (Å²) < 4.78 is 0. The van der Waals surface area contributed by atoms with Crippen LogP contribution in [0.25, 0.3) is 0 Å². The van der Waals surface area contributed by atoms with E-state index < -0.39 is 0 Å². The molecule has 0 bridgehead atoms. The molecule has 106 valence electrons. The molecule has 0 radical (unpaired) electrons. The number of hydrogen-bond acceptors (Lipinski definition) is 2. The average Bonchev–Trinajstić information content (AvgIpc) is 2.49. The summed E-state index contributed by atoms with van der Waals surface area (Å²) in [6, 6.07) is 8.83. The number of rotatable bonds is 6. The van der Waals surface area contributed by atoms with Gasteiger partial charge in [-0.25, -0.2) is 0 Å². The number of aliphatic hydroxyl groups is 1. The van der Waals surface area contributed by atoms with Gasteiger partial charge in [0.2, 0.25) is 0 Å². The highest BCUT2D eigenvalue weighted by molar-refractivity contribution is 5.22. The Labute approximate surface area is 117 Å². The van der Waals surface area contributed by atoms with Crippen molar-refractivity contribution in [3.8, 4) is 0 Å². The fraction of sp³-hybridized carbons (Fsp3) is 0.647. The molecule has 0 amide bonds. The number of aryl methyl sites for hydroxylation is 1. The molecule has 0 saturated heterocycles. The highest BCUT2D eigenvalue weighted by Crippen LogP contribution is 2.35. The molecule has 1 fully saturated rings. The Hall–Kier alpha value is -0.860. The van der Waals surface area contributed by atoms with E-state index in [1.165, 1.54) is 43.2 Å². The van der Waals surface area contributed by atoms with E-state index in [-0.39, 0.29) is 5.41 Å². The molecule has 2 nitrogen and oxygen atoms in total. The molecule has 1 aromatic carbocycles. The second kappa shape index (κ2) is 7.06. The number of aliphatic hydroxyl groups excluding tert-OH is 1. The predicted molar refractivity (Wildman–Crippen MR) is 80.1 cm³/mol. The van der Waals surface area contributed by atoms with Gasteiger partial charge in [0, 0.05) is 25.1 Å². The Morgan fingerprint density at radius 2 is 1.68 bits per heavy atom. The van der Waals surface area contributed by atoms with Crippen LogP contribution in [0.2, 0.25) is 0 Å². The van der Waals surface area contributed by atoms with Crippen molar-refractivity contribution in [3.05, 3.63) is 35.4 Å². The van der Waals surface area contributed by atoms with Crippen LogP contribution in [0.3, 0.4) is 0 Å². The monoisotopic (exact) mass is 261 g/mol. The Morgan fingerprint density at radius 3 is 2.26 bits per heavy atom. The Morgan fingerprint density at radius 1 is 1.05 bits per heavy atom. The summed E-state index contributed by atoms with van der Waals surface area (Å²) in [6.07, 6.45) is 7.32. The zero-order chi connectivity index (χ0) is 13.6. The van der Waals surface area contributed by atoms with Crippen LogP contribution in [-0.4, -0.2) is 18.3 Å². The van der Waals surface area contributed by atoms with Crippen LogP contribution in [0.1, 0.15) is 50.2 Å². The van der Waals surface area contributed by atoms with Crippen LogP contribution in [0.15, 0.2) is 24.3 Å². The van der Waals surface area contributed by atoms with Gasteiger partial charge < -0.3 is 10.4 Å². The van der Waals surface area contributed by atoms with Crippen LogP contribution in [-0.2, 0) is 13.0 Å². The molecule has 19 heavy (non-hydrogen) atoms. The summed E-state index contributed by atoms with van der Waals surface area (Å²) in [4.78, 5) is 0. The fourth-order valence-electron chi connectivity index (χ4n) is 3.06. The van der Waals surface area contributed by atoms with Gasteiger partial charge in [-0.1, -0.05) is 50.5 Å². The third kappa shape index (κ3) is 4.05. The molecule has 0 spiro atoms. The molecule has 0 unspecified atom stereocenters. The van der Waals surface area contributed by atoms with Crippen LogP contribution >= 0.6 is 0 Å². The molecule has 1 aliphatic carbocycles. The van der Waals surface area contributed by atoms with E-state index in [1.54, 1.807) is 0 Å². The van der Waals surface area contributed by atoms with Crippen molar-refractivity contribution >= 4 is 0 Å². The average molecular weight is 261 g/mol. The summed E-state index contributed by atoms with van der Waals surface area (Å²) in [7, 11) is 0. The first-order valence-electron chi connectivity index (χ1n) is 7.67.